The number of carbonyl (C=O) groups is 1. The van der Waals surface area contributed by atoms with Crippen molar-refractivity contribution >= 4 is 5.78 Å². The molecule has 0 unspecified atom stereocenters. The predicted octanol–water partition coefficient (Wildman–Crippen LogP) is 2.88. The fourth-order valence-corrected chi connectivity index (χ4v) is 1.65. The van der Waals surface area contributed by atoms with Crippen LogP contribution >= 0.6 is 0 Å². The highest BCUT2D eigenvalue weighted by molar-refractivity contribution is 5.96. The summed E-state index contributed by atoms with van der Waals surface area (Å²) in [7, 11) is 0. The van der Waals surface area contributed by atoms with E-state index in [0.29, 0.717) is 6.54 Å². The van der Waals surface area contributed by atoms with Gasteiger partial charge in [0.2, 0.25) is 0 Å². The zero-order valence-corrected chi connectivity index (χ0v) is 10.2. The summed E-state index contributed by atoms with van der Waals surface area (Å²) < 4.78 is 26.3. The molecule has 0 heterocycles. The summed E-state index contributed by atoms with van der Waals surface area (Å²) in [4.78, 5) is 13.8. The molecular formula is C13H17F2NO. The average molecular weight is 241 g/mol. The van der Waals surface area contributed by atoms with Crippen LogP contribution in [0.25, 0.3) is 0 Å². The first-order valence-corrected chi connectivity index (χ1v) is 5.79. The molecule has 0 aliphatic rings. The standard InChI is InChI=1S/C13H17F2NO/c1-3-16(4-2)9-8-12(17)10-6-5-7-11(14)13(10)15/h5-7H,3-4,8-9H2,1-2H3. The molecule has 0 radical (unpaired) electrons. The molecule has 1 aromatic rings. The van der Waals surface area contributed by atoms with Crippen LogP contribution in [0.3, 0.4) is 0 Å². The van der Waals surface area contributed by atoms with Crippen LogP contribution in [0.4, 0.5) is 8.78 Å². The fourth-order valence-electron chi connectivity index (χ4n) is 1.65. The number of halogens is 2. The number of hydrogen-bond donors (Lipinski definition) is 0. The molecule has 4 heteroatoms. The van der Waals surface area contributed by atoms with Gasteiger partial charge >= 0.3 is 0 Å². The summed E-state index contributed by atoms with van der Waals surface area (Å²) in [6.07, 6.45) is 0.210. The molecule has 0 bridgehead atoms. The van der Waals surface area contributed by atoms with Crippen LogP contribution in [-0.4, -0.2) is 30.3 Å². The molecule has 0 saturated heterocycles. The smallest absolute Gasteiger partial charge is 0.169 e. The van der Waals surface area contributed by atoms with Crippen molar-refractivity contribution in [3.05, 3.63) is 35.4 Å². The van der Waals surface area contributed by atoms with Crippen molar-refractivity contribution in [3.63, 3.8) is 0 Å². The SMILES string of the molecule is CCN(CC)CCC(=O)c1cccc(F)c1F. The van der Waals surface area contributed by atoms with Gasteiger partial charge in [0.05, 0.1) is 5.56 Å². The van der Waals surface area contributed by atoms with Gasteiger partial charge in [-0.3, -0.25) is 4.79 Å². The second kappa shape index (κ2) is 6.45. The summed E-state index contributed by atoms with van der Waals surface area (Å²) >= 11 is 0. The van der Waals surface area contributed by atoms with E-state index >= 15 is 0 Å². The number of rotatable bonds is 6. The Hall–Kier alpha value is -1.29. The second-order valence-corrected chi connectivity index (χ2v) is 3.80. The lowest BCUT2D eigenvalue weighted by atomic mass is 10.1. The third-order valence-corrected chi connectivity index (χ3v) is 2.80. The Kier molecular flexibility index (Phi) is 5.22. The van der Waals surface area contributed by atoms with Gasteiger partial charge < -0.3 is 4.90 Å². The molecule has 0 N–H and O–H groups in total. The van der Waals surface area contributed by atoms with Crippen molar-refractivity contribution in [1.82, 2.24) is 4.90 Å². The van der Waals surface area contributed by atoms with E-state index in [9.17, 15) is 13.6 Å². The third kappa shape index (κ3) is 3.60. The molecule has 2 nitrogen and oxygen atoms in total. The van der Waals surface area contributed by atoms with E-state index in [1.165, 1.54) is 12.1 Å². The average Bonchev–Trinajstić information content (AvgIpc) is 2.33. The van der Waals surface area contributed by atoms with Gasteiger partial charge in [0.25, 0.3) is 0 Å². The summed E-state index contributed by atoms with van der Waals surface area (Å²) in [5.41, 5.74) is -0.155. The maximum Gasteiger partial charge on any atom is 0.169 e. The summed E-state index contributed by atoms with van der Waals surface area (Å²) in [6.45, 7) is 6.25. The molecule has 1 aromatic carbocycles. The number of nitrogens with zero attached hydrogens (tertiary/aromatic N) is 1. The van der Waals surface area contributed by atoms with Crippen LogP contribution in [0.15, 0.2) is 18.2 Å². The molecule has 1 rings (SSSR count). The maximum absolute atomic E-state index is 13.3. The van der Waals surface area contributed by atoms with Crippen molar-refractivity contribution in [2.75, 3.05) is 19.6 Å². The highest BCUT2D eigenvalue weighted by Crippen LogP contribution is 2.13. The molecule has 94 valence electrons. The molecule has 17 heavy (non-hydrogen) atoms. The van der Waals surface area contributed by atoms with Gasteiger partial charge in [0, 0.05) is 13.0 Å². The number of hydrogen-bond acceptors (Lipinski definition) is 2. The molecule has 0 saturated carbocycles. The minimum absolute atomic E-state index is 0.155. The molecule has 0 aliphatic carbocycles. The van der Waals surface area contributed by atoms with Gasteiger partial charge in [-0.05, 0) is 25.2 Å². The van der Waals surface area contributed by atoms with E-state index in [0.717, 1.165) is 19.2 Å². The first kappa shape index (κ1) is 13.8. The highest BCUT2D eigenvalue weighted by Gasteiger charge is 2.15. The van der Waals surface area contributed by atoms with E-state index in [1.54, 1.807) is 0 Å². The Morgan fingerprint density at radius 2 is 1.88 bits per heavy atom. The van der Waals surface area contributed by atoms with Crippen molar-refractivity contribution in [3.8, 4) is 0 Å². The van der Waals surface area contributed by atoms with Crippen molar-refractivity contribution in [2.24, 2.45) is 0 Å². The molecule has 0 amide bonds. The van der Waals surface area contributed by atoms with Gasteiger partial charge in [-0.15, -0.1) is 0 Å². The van der Waals surface area contributed by atoms with E-state index in [1.807, 2.05) is 13.8 Å². The number of carbonyl (C=O) groups excluding carboxylic acids is 1. The van der Waals surface area contributed by atoms with Crippen molar-refractivity contribution < 1.29 is 13.6 Å². The van der Waals surface area contributed by atoms with Gasteiger partial charge in [0.1, 0.15) is 0 Å². The highest BCUT2D eigenvalue weighted by atomic mass is 19.2. The van der Waals surface area contributed by atoms with Crippen LogP contribution in [0.5, 0.6) is 0 Å². The Bertz CT molecular complexity index is 389. The van der Waals surface area contributed by atoms with Crippen LogP contribution in [0.1, 0.15) is 30.6 Å². The molecule has 0 fully saturated rings. The Morgan fingerprint density at radius 3 is 2.47 bits per heavy atom. The largest absolute Gasteiger partial charge is 0.303 e. The van der Waals surface area contributed by atoms with Gasteiger partial charge in [0.15, 0.2) is 17.4 Å². The predicted molar refractivity (Wildman–Crippen MR) is 63.1 cm³/mol. The lowest BCUT2D eigenvalue weighted by Gasteiger charge is -2.17. The molecule has 0 aromatic heterocycles. The third-order valence-electron chi connectivity index (χ3n) is 2.80. The van der Waals surface area contributed by atoms with Gasteiger partial charge in [-0.1, -0.05) is 19.9 Å². The van der Waals surface area contributed by atoms with Crippen LogP contribution in [0, 0.1) is 11.6 Å². The number of benzene rings is 1. The first-order valence-electron chi connectivity index (χ1n) is 5.79. The number of Topliss-reactive ketones (excluding diaryl/α,β-unsaturated/α-hetero) is 1. The Balaban J connectivity index is 2.67. The van der Waals surface area contributed by atoms with E-state index in [-0.39, 0.29) is 17.8 Å². The Labute approximate surface area is 100 Å². The first-order chi connectivity index (χ1) is 8.10. The quantitative estimate of drug-likeness (QED) is 0.714. The molecule has 0 atom stereocenters. The summed E-state index contributed by atoms with van der Waals surface area (Å²) in [5, 5.41) is 0. The maximum atomic E-state index is 13.3. The topological polar surface area (TPSA) is 20.3 Å². The van der Waals surface area contributed by atoms with Crippen LogP contribution < -0.4 is 0 Å². The normalized spacial score (nSPS) is 10.9. The lowest BCUT2D eigenvalue weighted by molar-refractivity contribution is 0.0961. The van der Waals surface area contributed by atoms with E-state index in [2.05, 4.69) is 4.90 Å². The number of ketones is 1. The van der Waals surface area contributed by atoms with E-state index in [4.69, 9.17) is 0 Å². The Morgan fingerprint density at radius 1 is 1.24 bits per heavy atom. The van der Waals surface area contributed by atoms with E-state index < -0.39 is 11.6 Å². The van der Waals surface area contributed by atoms with Gasteiger partial charge in [-0.25, -0.2) is 8.78 Å². The van der Waals surface area contributed by atoms with Crippen molar-refractivity contribution in [1.29, 1.82) is 0 Å². The lowest BCUT2D eigenvalue weighted by Crippen LogP contribution is -2.26. The summed E-state index contributed by atoms with van der Waals surface area (Å²) in [5.74, 6) is -2.37. The fraction of sp³-hybridized carbons (Fsp3) is 0.462. The monoisotopic (exact) mass is 241 g/mol. The van der Waals surface area contributed by atoms with Crippen LogP contribution in [0.2, 0.25) is 0 Å². The minimum atomic E-state index is -1.04. The van der Waals surface area contributed by atoms with Gasteiger partial charge in [-0.2, -0.15) is 0 Å². The molecule has 0 spiro atoms. The second-order valence-electron chi connectivity index (χ2n) is 3.80. The minimum Gasteiger partial charge on any atom is -0.303 e. The van der Waals surface area contributed by atoms with Crippen LogP contribution in [-0.2, 0) is 0 Å². The zero-order chi connectivity index (χ0) is 12.8. The molecule has 0 aliphatic heterocycles. The molecular weight excluding hydrogens is 224 g/mol. The van der Waals surface area contributed by atoms with Crippen molar-refractivity contribution in [2.45, 2.75) is 20.3 Å². The zero-order valence-electron chi connectivity index (χ0n) is 10.2. The summed E-state index contributed by atoms with van der Waals surface area (Å²) in [6, 6.07) is 3.68.